The van der Waals surface area contributed by atoms with Crippen LogP contribution in [0.4, 0.5) is 0 Å². The fraction of sp³-hybridized carbons (Fsp3) is 0.333. The molecule has 3 rings (SSSR count). The Labute approximate surface area is 179 Å². The van der Waals surface area contributed by atoms with Gasteiger partial charge in [0.1, 0.15) is 29.2 Å². The van der Waals surface area contributed by atoms with Crippen LogP contribution in [0.3, 0.4) is 0 Å². The van der Waals surface area contributed by atoms with E-state index in [4.69, 9.17) is 20.5 Å². The van der Waals surface area contributed by atoms with Crippen molar-refractivity contribution in [1.29, 1.82) is 0 Å². The number of carboxylic acids is 1. The maximum atomic E-state index is 12.6. The van der Waals surface area contributed by atoms with Crippen molar-refractivity contribution in [3.63, 3.8) is 0 Å². The normalized spacial score (nSPS) is 14.6. The van der Waals surface area contributed by atoms with E-state index in [0.29, 0.717) is 5.56 Å². The molecule has 10 heteroatoms. The second-order valence-electron chi connectivity index (χ2n) is 7.64. The second-order valence-corrected chi connectivity index (χ2v) is 7.64. The summed E-state index contributed by atoms with van der Waals surface area (Å²) in [4.78, 5) is 25.8. The Balaban J connectivity index is 1.64. The summed E-state index contributed by atoms with van der Waals surface area (Å²) in [5.74, 6) is -2.10. The van der Waals surface area contributed by atoms with Crippen LogP contribution >= 0.6 is 0 Å². The van der Waals surface area contributed by atoms with Crippen LogP contribution in [-0.4, -0.2) is 63.3 Å². The Hall–Kier alpha value is -3.08. The number of likely N-dealkylation sites (tertiary alicyclic amines) is 1. The first-order chi connectivity index (χ1) is 14.7. The molecule has 0 bridgehead atoms. The predicted molar refractivity (Wildman–Crippen MR) is 113 cm³/mol. The van der Waals surface area contributed by atoms with Crippen molar-refractivity contribution in [2.75, 3.05) is 13.1 Å². The van der Waals surface area contributed by atoms with E-state index in [1.807, 2.05) is 31.2 Å². The number of aromatic hydroxyl groups is 1. The minimum atomic E-state index is -1.56. The number of benzene rings is 2. The molecule has 0 aliphatic carbocycles. The molecular weight excluding hydrogens is 403 g/mol. The van der Waals surface area contributed by atoms with Crippen molar-refractivity contribution in [2.24, 2.45) is 5.73 Å². The third-order valence-electron chi connectivity index (χ3n) is 5.26. The van der Waals surface area contributed by atoms with E-state index in [0.717, 1.165) is 5.56 Å². The summed E-state index contributed by atoms with van der Waals surface area (Å²) in [6.45, 7) is 2.44. The van der Waals surface area contributed by atoms with Gasteiger partial charge in [-0.2, -0.15) is 0 Å². The summed E-state index contributed by atoms with van der Waals surface area (Å²) >= 11 is 0. The molecule has 0 aromatic heterocycles. The number of carbonyl (C=O) groups is 2. The van der Waals surface area contributed by atoms with Crippen LogP contribution in [-0.2, 0) is 11.2 Å². The van der Waals surface area contributed by atoms with Gasteiger partial charge >= 0.3 is 13.1 Å². The lowest BCUT2D eigenvalue weighted by Gasteiger charge is -2.40. The Morgan fingerprint density at radius 3 is 2.42 bits per heavy atom. The summed E-state index contributed by atoms with van der Waals surface area (Å²) in [7, 11) is -1.56. The van der Waals surface area contributed by atoms with Gasteiger partial charge in [0.05, 0.1) is 13.1 Å². The molecule has 164 valence electrons. The molecule has 6 N–H and O–H groups in total. The molecule has 1 aliphatic heterocycles. The summed E-state index contributed by atoms with van der Waals surface area (Å²) in [5, 5.41) is 37.8. The van der Waals surface area contributed by atoms with Crippen molar-refractivity contribution in [3.05, 3.63) is 58.7 Å². The standard InChI is InChI=1S/C21H25BN2O7/c1-12-2-4-13(5-3-12)18(23)20(26)24-10-15(11-24)31-16-7-6-14(8-9-22(29)30)19(25)17(16)21(27)28/h2-7,15,18,25,29-30H,8-11,23H2,1H3,(H,27,28)/t18-/m1/s1. The van der Waals surface area contributed by atoms with Crippen molar-refractivity contribution in [1.82, 2.24) is 4.90 Å². The highest BCUT2D eigenvalue weighted by atomic mass is 16.5. The molecule has 0 radical (unpaired) electrons. The van der Waals surface area contributed by atoms with Gasteiger partial charge in [0, 0.05) is 0 Å². The topological polar surface area (TPSA) is 154 Å². The number of aryl methyl sites for hydroxylation is 2. The zero-order valence-electron chi connectivity index (χ0n) is 17.1. The highest BCUT2D eigenvalue weighted by Crippen LogP contribution is 2.34. The van der Waals surface area contributed by atoms with Gasteiger partial charge in [-0.15, -0.1) is 0 Å². The van der Waals surface area contributed by atoms with Crippen LogP contribution in [0.1, 0.15) is 33.1 Å². The molecule has 1 aliphatic rings. The quantitative estimate of drug-likeness (QED) is 0.385. The smallest absolute Gasteiger partial charge is 0.451 e. The number of nitrogens with two attached hydrogens (primary N) is 1. The van der Waals surface area contributed by atoms with E-state index in [1.165, 1.54) is 17.0 Å². The highest BCUT2D eigenvalue weighted by Gasteiger charge is 2.36. The number of ether oxygens (including phenoxy) is 1. The van der Waals surface area contributed by atoms with Crippen molar-refractivity contribution in [2.45, 2.75) is 31.8 Å². The number of aromatic carboxylic acids is 1. The largest absolute Gasteiger partial charge is 0.507 e. The minimum Gasteiger partial charge on any atom is -0.507 e. The number of phenols is 1. The van der Waals surface area contributed by atoms with Crippen LogP contribution in [0.2, 0.25) is 6.32 Å². The van der Waals surface area contributed by atoms with Gasteiger partial charge in [-0.05, 0) is 36.9 Å². The Morgan fingerprint density at radius 2 is 1.84 bits per heavy atom. The summed E-state index contributed by atoms with van der Waals surface area (Å²) in [5.41, 5.74) is 7.72. The van der Waals surface area contributed by atoms with E-state index in [1.54, 1.807) is 0 Å². The molecule has 0 unspecified atom stereocenters. The third kappa shape index (κ3) is 5.16. The van der Waals surface area contributed by atoms with Gasteiger partial charge in [-0.3, -0.25) is 4.79 Å². The molecular formula is C21H25BN2O7. The van der Waals surface area contributed by atoms with Crippen LogP contribution in [0.15, 0.2) is 36.4 Å². The fourth-order valence-electron chi connectivity index (χ4n) is 3.39. The van der Waals surface area contributed by atoms with Gasteiger partial charge in [-0.1, -0.05) is 35.9 Å². The predicted octanol–water partition coefficient (Wildman–Crippen LogP) is 0.704. The molecule has 1 fully saturated rings. The average Bonchev–Trinajstić information content (AvgIpc) is 2.68. The molecule has 0 spiro atoms. The molecule has 1 atom stereocenters. The van der Waals surface area contributed by atoms with E-state index in [2.05, 4.69) is 0 Å². The monoisotopic (exact) mass is 428 g/mol. The number of amides is 1. The van der Waals surface area contributed by atoms with Gasteiger partial charge < -0.3 is 35.6 Å². The van der Waals surface area contributed by atoms with Gasteiger partial charge in [0.25, 0.3) is 0 Å². The first-order valence-corrected chi connectivity index (χ1v) is 9.89. The van der Waals surface area contributed by atoms with Crippen molar-refractivity contribution < 1.29 is 34.6 Å². The summed E-state index contributed by atoms with van der Waals surface area (Å²) < 4.78 is 5.71. The molecule has 2 aromatic carbocycles. The number of nitrogens with zero attached hydrogens (tertiary/aromatic N) is 1. The average molecular weight is 428 g/mol. The molecule has 1 saturated heterocycles. The number of hydrogen-bond acceptors (Lipinski definition) is 7. The van der Waals surface area contributed by atoms with Crippen molar-refractivity contribution >= 4 is 19.0 Å². The molecule has 2 aromatic rings. The van der Waals surface area contributed by atoms with E-state index in [9.17, 15) is 19.8 Å². The molecule has 0 saturated carbocycles. The van der Waals surface area contributed by atoms with Gasteiger partial charge in [0.15, 0.2) is 0 Å². The second kappa shape index (κ2) is 9.38. The first kappa shape index (κ1) is 22.6. The Morgan fingerprint density at radius 1 is 1.19 bits per heavy atom. The molecule has 31 heavy (non-hydrogen) atoms. The molecule has 1 amide bonds. The van der Waals surface area contributed by atoms with Crippen LogP contribution < -0.4 is 10.5 Å². The van der Waals surface area contributed by atoms with Crippen molar-refractivity contribution in [3.8, 4) is 11.5 Å². The SMILES string of the molecule is Cc1ccc([C@@H](N)C(=O)N2CC(Oc3ccc(CCB(O)O)c(O)c3C(=O)O)C2)cc1. The van der Waals surface area contributed by atoms with Crippen LogP contribution in [0.5, 0.6) is 11.5 Å². The van der Waals surface area contributed by atoms with Crippen LogP contribution in [0.25, 0.3) is 0 Å². The number of hydrogen-bond donors (Lipinski definition) is 5. The molecule has 1 heterocycles. The van der Waals surface area contributed by atoms with Crippen LogP contribution in [0, 0.1) is 6.92 Å². The zero-order valence-corrected chi connectivity index (χ0v) is 17.1. The highest BCUT2D eigenvalue weighted by molar-refractivity contribution is 6.41. The summed E-state index contributed by atoms with van der Waals surface area (Å²) in [6.07, 6.45) is -0.391. The Kier molecular flexibility index (Phi) is 6.84. The molecule has 9 nitrogen and oxygen atoms in total. The zero-order chi connectivity index (χ0) is 22.7. The Bertz CT molecular complexity index is 959. The lowest BCUT2D eigenvalue weighted by molar-refractivity contribution is -0.141. The minimum absolute atomic E-state index is 0.0155. The third-order valence-corrected chi connectivity index (χ3v) is 5.26. The number of carbonyl (C=O) groups excluding carboxylic acids is 1. The van der Waals surface area contributed by atoms with E-state index >= 15 is 0 Å². The fourth-order valence-corrected chi connectivity index (χ4v) is 3.39. The van der Waals surface area contributed by atoms with E-state index in [-0.39, 0.29) is 43.1 Å². The number of rotatable bonds is 8. The number of carboxylic acid groups (broad SMARTS) is 1. The maximum absolute atomic E-state index is 12.6. The lowest BCUT2D eigenvalue weighted by Crippen LogP contribution is -2.58. The first-order valence-electron chi connectivity index (χ1n) is 9.89. The maximum Gasteiger partial charge on any atom is 0.451 e. The summed E-state index contributed by atoms with van der Waals surface area (Å²) in [6, 6.07) is 9.50. The van der Waals surface area contributed by atoms with Gasteiger partial charge in [0.2, 0.25) is 5.91 Å². The lowest BCUT2D eigenvalue weighted by atomic mass is 9.82. The van der Waals surface area contributed by atoms with Gasteiger partial charge in [-0.25, -0.2) is 4.79 Å². The van der Waals surface area contributed by atoms with E-state index < -0.39 is 36.5 Å².